The fourth-order valence-electron chi connectivity index (χ4n) is 3.39. The fourth-order valence-corrected chi connectivity index (χ4v) is 3.58. The quantitative estimate of drug-likeness (QED) is 0.249. The first-order valence-corrected chi connectivity index (χ1v) is 11.9. The fraction of sp³-hybridized carbons (Fsp3) is 0.708. The van der Waals surface area contributed by atoms with Gasteiger partial charge < -0.3 is 10.6 Å². The third-order valence-electron chi connectivity index (χ3n) is 5.13. The minimum Gasteiger partial charge on any atom is -0.376 e. The molecule has 3 nitrogen and oxygen atoms in total. The zero-order valence-electron chi connectivity index (χ0n) is 17.9. The summed E-state index contributed by atoms with van der Waals surface area (Å²) in [5.41, 5.74) is 0.874. The molecule has 0 unspecified atom stereocenters. The number of hydrogen-bond acceptors (Lipinski definition) is 2. The van der Waals surface area contributed by atoms with E-state index in [0.29, 0.717) is 11.6 Å². The second kappa shape index (κ2) is 17.8. The van der Waals surface area contributed by atoms with E-state index in [1.807, 2.05) is 24.3 Å². The highest BCUT2D eigenvalue weighted by Gasteiger charge is 2.01. The number of halogens is 1. The SMILES string of the molecule is CCCCCCCCCCCCCCCCNC(=O)CNc1cccc(Cl)c1. The third-order valence-corrected chi connectivity index (χ3v) is 5.37. The summed E-state index contributed by atoms with van der Waals surface area (Å²) in [4.78, 5) is 11.8. The van der Waals surface area contributed by atoms with Crippen LogP contribution >= 0.6 is 11.6 Å². The van der Waals surface area contributed by atoms with Gasteiger partial charge in [0, 0.05) is 17.3 Å². The van der Waals surface area contributed by atoms with Crippen LogP contribution in [0, 0.1) is 0 Å². The van der Waals surface area contributed by atoms with E-state index in [-0.39, 0.29) is 5.91 Å². The summed E-state index contributed by atoms with van der Waals surface area (Å²) < 4.78 is 0. The zero-order chi connectivity index (χ0) is 20.3. The van der Waals surface area contributed by atoms with Crippen molar-refractivity contribution in [1.82, 2.24) is 5.32 Å². The van der Waals surface area contributed by atoms with Crippen LogP contribution in [0.5, 0.6) is 0 Å². The summed E-state index contributed by atoms with van der Waals surface area (Å²) in [6.45, 7) is 3.34. The van der Waals surface area contributed by atoms with Crippen molar-refractivity contribution in [2.75, 3.05) is 18.4 Å². The van der Waals surface area contributed by atoms with Crippen molar-refractivity contribution in [3.05, 3.63) is 29.3 Å². The summed E-state index contributed by atoms with van der Waals surface area (Å²) in [6.07, 6.45) is 18.9. The molecule has 1 aromatic rings. The molecule has 0 saturated heterocycles. The first-order valence-electron chi connectivity index (χ1n) is 11.5. The lowest BCUT2D eigenvalue weighted by atomic mass is 10.0. The van der Waals surface area contributed by atoms with E-state index in [9.17, 15) is 4.79 Å². The highest BCUT2D eigenvalue weighted by Crippen LogP contribution is 2.14. The van der Waals surface area contributed by atoms with Gasteiger partial charge in [-0.05, 0) is 24.6 Å². The van der Waals surface area contributed by atoms with E-state index in [1.54, 1.807) is 0 Å². The van der Waals surface area contributed by atoms with Gasteiger partial charge in [-0.2, -0.15) is 0 Å². The van der Waals surface area contributed by atoms with Crippen LogP contribution in [0.1, 0.15) is 96.8 Å². The van der Waals surface area contributed by atoms with Gasteiger partial charge in [0.05, 0.1) is 6.54 Å². The Morgan fingerprint density at radius 1 is 0.821 bits per heavy atom. The Labute approximate surface area is 178 Å². The van der Waals surface area contributed by atoms with Gasteiger partial charge in [0.25, 0.3) is 0 Å². The minimum atomic E-state index is 0.0367. The van der Waals surface area contributed by atoms with Crippen LogP contribution in [0.4, 0.5) is 5.69 Å². The normalized spacial score (nSPS) is 10.8. The first kappa shape index (κ1) is 24.8. The molecule has 2 N–H and O–H groups in total. The van der Waals surface area contributed by atoms with Gasteiger partial charge in [-0.1, -0.05) is 108 Å². The second-order valence-electron chi connectivity index (χ2n) is 7.81. The maximum absolute atomic E-state index is 11.8. The molecule has 1 aromatic carbocycles. The molecule has 4 heteroatoms. The predicted molar refractivity (Wildman–Crippen MR) is 123 cm³/mol. The molecule has 0 aliphatic carbocycles. The van der Waals surface area contributed by atoms with Gasteiger partial charge >= 0.3 is 0 Å². The van der Waals surface area contributed by atoms with E-state index in [1.165, 1.54) is 83.5 Å². The number of rotatable bonds is 18. The van der Waals surface area contributed by atoms with Gasteiger partial charge in [0.2, 0.25) is 5.91 Å². The molecule has 0 atom stereocenters. The molecule has 160 valence electrons. The number of anilines is 1. The van der Waals surface area contributed by atoms with E-state index in [4.69, 9.17) is 11.6 Å². The Morgan fingerprint density at radius 2 is 1.36 bits per heavy atom. The number of benzene rings is 1. The topological polar surface area (TPSA) is 41.1 Å². The van der Waals surface area contributed by atoms with E-state index in [0.717, 1.165) is 18.7 Å². The molecule has 0 spiro atoms. The van der Waals surface area contributed by atoms with Gasteiger partial charge in [-0.3, -0.25) is 4.79 Å². The van der Waals surface area contributed by atoms with Crippen LogP contribution in [0.25, 0.3) is 0 Å². The summed E-state index contributed by atoms with van der Waals surface area (Å²) in [5.74, 6) is 0.0367. The lowest BCUT2D eigenvalue weighted by molar-refractivity contribution is -0.119. The van der Waals surface area contributed by atoms with Crippen molar-refractivity contribution in [2.24, 2.45) is 0 Å². The van der Waals surface area contributed by atoms with Crippen LogP contribution in [0.3, 0.4) is 0 Å². The number of amides is 1. The van der Waals surface area contributed by atoms with Crippen LogP contribution < -0.4 is 10.6 Å². The number of nitrogens with one attached hydrogen (secondary N) is 2. The van der Waals surface area contributed by atoms with E-state index in [2.05, 4.69) is 17.6 Å². The third kappa shape index (κ3) is 14.8. The molecule has 0 heterocycles. The molecule has 0 aliphatic heterocycles. The van der Waals surface area contributed by atoms with Crippen molar-refractivity contribution < 1.29 is 4.79 Å². The number of unbranched alkanes of at least 4 members (excludes halogenated alkanes) is 13. The lowest BCUT2D eigenvalue weighted by Gasteiger charge is -2.08. The summed E-state index contributed by atoms with van der Waals surface area (Å²) in [7, 11) is 0. The van der Waals surface area contributed by atoms with Crippen LogP contribution in [0.2, 0.25) is 5.02 Å². The molecule has 0 aliphatic rings. The second-order valence-corrected chi connectivity index (χ2v) is 8.25. The van der Waals surface area contributed by atoms with Crippen LogP contribution in [0.15, 0.2) is 24.3 Å². The van der Waals surface area contributed by atoms with Gasteiger partial charge in [-0.25, -0.2) is 0 Å². The molecular weight excluding hydrogens is 368 g/mol. The van der Waals surface area contributed by atoms with Crippen LogP contribution in [-0.2, 0) is 4.79 Å². The summed E-state index contributed by atoms with van der Waals surface area (Å²) >= 11 is 5.93. The molecule has 0 fully saturated rings. The molecule has 0 aromatic heterocycles. The maximum Gasteiger partial charge on any atom is 0.239 e. The largest absolute Gasteiger partial charge is 0.376 e. The average Bonchev–Trinajstić information content (AvgIpc) is 2.69. The Balaban J connectivity index is 1.80. The molecule has 0 saturated carbocycles. The van der Waals surface area contributed by atoms with Gasteiger partial charge in [0.1, 0.15) is 0 Å². The molecule has 28 heavy (non-hydrogen) atoms. The standard InChI is InChI=1S/C24H41ClN2O/c1-2-3-4-5-6-7-8-9-10-11-12-13-14-15-19-26-24(28)21-27-23-18-16-17-22(25)20-23/h16-18,20,27H,2-15,19,21H2,1H3,(H,26,28). The minimum absolute atomic E-state index is 0.0367. The van der Waals surface area contributed by atoms with E-state index >= 15 is 0 Å². The van der Waals surface area contributed by atoms with Crippen molar-refractivity contribution in [1.29, 1.82) is 0 Å². The van der Waals surface area contributed by atoms with E-state index < -0.39 is 0 Å². The monoisotopic (exact) mass is 408 g/mol. The van der Waals surface area contributed by atoms with Crippen molar-refractivity contribution in [3.63, 3.8) is 0 Å². The highest BCUT2D eigenvalue weighted by molar-refractivity contribution is 6.30. The Kier molecular flexibility index (Phi) is 15.8. The maximum atomic E-state index is 11.8. The number of hydrogen-bond donors (Lipinski definition) is 2. The Hall–Kier alpha value is -1.22. The number of carbonyl (C=O) groups excluding carboxylic acids is 1. The molecule has 0 bridgehead atoms. The van der Waals surface area contributed by atoms with Crippen LogP contribution in [-0.4, -0.2) is 19.0 Å². The molecule has 0 radical (unpaired) electrons. The summed E-state index contributed by atoms with van der Waals surface area (Å²) in [6, 6.07) is 7.43. The van der Waals surface area contributed by atoms with Gasteiger partial charge in [0.15, 0.2) is 0 Å². The summed E-state index contributed by atoms with van der Waals surface area (Å²) in [5, 5.41) is 6.74. The van der Waals surface area contributed by atoms with Crippen molar-refractivity contribution >= 4 is 23.2 Å². The predicted octanol–water partition coefficient (Wildman–Crippen LogP) is 7.35. The highest BCUT2D eigenvalue weighted by atomic mass is 35.5. The first-order chi connectivity index (χ1) is 13.7. The molecule has 1 rings (SSSR count). The Bertz CT molecular complexity index is 507. The smallest absolute Gasteiger partial charge is 0.239 e. The lowest BCUT2D eigenvalue weighted by Crippen LogP contribution is -2.30. The van der Waals surface area contributed by atoms with Crippen molar-refractivity contribution in [2.45, 2.75) is 96.8 Å². The number of carbonyl (C=O) groups is 1. The molecular formula is C24H41ClN2O. The van der Waals surface area contributed by atoms with Gasteiger partial charge in [-0.15, -0.1) is 0 Å². The molecule has 1 amide bonds. The average molecular weight is 409 g/mol. The Morgan fingerprint density at radius 3 is 1.89 bits per heavy atom. The van der Waals surface area contributed by atoms with Crippen molar-refractivity contribution in [3.8, 4) is 0 Å². The zero-order valence-corrected chi connectivity index (χ0v) is 18.7.